The fourth-order valence-electron chi connectivity index (χ4n) is 1.51. The van der Waals surface area contributed by atoms with Crippen molar-refractivity contribution in [1.82, 2.24) is 4.98 Å². The lowest BCUT2D eigenvalue weighted by Crippen LogP contribution is -2.01. The first-order valence-electron chi connectivity index (χ1n) is 5.37. The molecule has 0 atom stereocenters. The van der Waals surface area contributed by atoms with Gasteiger partial charge in [0.1, 0.15) is 11.6 Å². The molecule has 0 unspecified atom stereocenters. The summed E-state index contributed by atoms with van der Waals surface area (Å²) < 4.78 is 5.81. The van der Waals surface area contributed by atoms with E-state index in [1.54, 1.807) is 24.4 Å². The van der Waals surface area contributed by atoms with Gasteiger partial charge in [0.2, 0.25) is 0 Å². The van der Waals surface area contributed by atoms with Gasteiger partial charge >= 0.3 is 0 Å². The van der Waals surface area contributed by atoms with Crippen LogP contribution in [0.1, 0.15) is 5.56 Å². The molecular weight excluding hydrogens is 308 g/mol. The van der Waals surface area contributed by atoms with Crippen molar-refractivity contribution >= 4 is 27.3 Å². The number of nitrogens with two attached hydrogens (primary N) is 1. The van der Waals surface area contributed by atoms with Crippen LogP contribution in [0.15, 0.2) is 59.6 Å². The number of aliphatic hydroxyl groups excluding tert-OH is 1. The minimum Gasteiger partial charge on any atom is -0.508 e. The van der Waals surface area contributed by atoms with E-state index in [1.165, 1.54) is 13.4 Å². The third-order valence-electron chi connectivity index (χ3n) is 2.30. The van der Waals surface area contributed by atoms with Crippen LogP contribution in [0.3, 0.4) is 0 Å². The summed E-state index contributed by atoms with van der Waals surface area (Å²) in [6, 6.07) is 1.78. The van der Waals surface area contributed by atoms with Crippen molar-refractivity contribution in [3.8, 4) is 0 Å². The first-order chi connectivity index (χ1) is 9.01. The molecular formula is C14H15BrN2O2. The van der Waals surface area contributed by atoms with Gasteiger partial charge < -0.3 is 15.6 Å². The van der Waals surface area contributed by atoms with E-state index in [2.05, 4.69) is 34.1 Å². The SMILES string of the molecule is C=C/C=C(C(=C)O)/C(=C\OC)c1cc(Br)cnc1N. The molecule has 4 nitrogen and oxygen atoms in total. The Balaban J connectivity index is 3.48. The molecule has 1 rings (SSSR count). The maximum absolute atomic E-state index is 9.68. The molecule has 0 amide bonds. The lowest BCUT2D eigenvalue weighted by molar-refractivity contribution is 0.339. The molecule has 0 aliphatic heterocycles. The third kappa shape index (κ3) is 3.72. The molecule has 100 valence electrons. The molecule has 0 fully saturated rings. The number of nitrogens with zero attached hydrogens (tertiary/aromatic N) is 1. The molecule has 0 saturated heterocycles. The average Bonchev–Trinajstić information content (AvgIpc) is 2.36. The van der Waals surface area contributed by atoms with E-state index in [-0.39, 0.29) is 5.76 Å². The second-order valence-electron chi connectivity index (χ2n) is 3.62. The number of aromatic nitrogens is 1. The Labute approximate surface area is 120 Å². The quantitative estimate of drug-likeness (QED) is 0.642. The number of ether oxygens (including phenoxy) is 1. The molecule has 1 aromatic rings. The highest BCUT2D eigenvalue weighted by atomic mass is 79.9. The first-order valence-corrected chi connectivity index (χ1v) is 6.16. The van der Waals surface area contributed by atoms with E-state index in [0.29, 0.717) is 22.5 Å². The lowest BCUT2D eigenvalue weighted by atomic mass is 9.98. The summed E-state index contributed by atoms with van der Waals surface area (Å²) in [6.07, 6.45) is 6.22. The Morgan fingerprint density at radius 3 is 2.79 bits per heavy atom. The number of allylic oxidation sites excluding steroid dienone is 3. The van der Waals surface area contributed by atoms with E-state index in [0.717, 1.165) is 4.47 Å². The summed E-state index contributed by atoms with van der Waals surface area (Å²) in [5, 5.41) is 9.68. The van der Waals surface area contributed by atoms with Crippen molar-refractivity contribution in [2.24, 2.45) is 0 Å². The molecule has 19 heavy (non-hydrogen) atoms. The van der Waals surface area contributed by atoms with E-state index < -0.39 is 0 Å². The van der Waals surface area contributed by atoms with Crippen LogP contribution < -0.4 is 5.73 Å². The number of methoxy groups -OCH3 is 1. The largest absolute Gasteiger partial charge is 0.508 e. The molecule has 0 aliphatic rings. The molecule has 1 aromatic heterocycles. The zero-order valence-electron chi connectivity index (χ0n) is 10.6. The first kappa shape index (κ1) is 15.0. The maximum atomic E-state index is 9.68. The van der Waals surface area contributed by atoms with Crippen molar-refractivity contribution in [3.05, 3.63) is 65.2 Å². The summed E-state index contributed by atoms with van der Waals surface area (Å²) in [5.41, 5.74) is 7.52. The minimum absolute atomic E-state index is 0.109. The van der Waals surface area contributed by atoms with Gasteiger partial charge in [-0.05, 0) is 22.0 Å². The zero-order chi connectivity index (χ0) is 14.4. The number of hydrogen-bond donors (Lipinski definition) is 2. The highest BCUT2D eigenvalue weighted by molar-refractivity contribution is 9.10. The van der Waals surface area contributed by atoms with Crippen LogP contribution >= 0.6 is 15.9 Å². The summed E-state index contributed by atoms with van der Waals surface area (Å²) in [6.45, 7) is 7.13. The predicted octanol–water partition coefficient (Wildman–Crippen LogP) is 3.60. The van der Waals surface area contributed by atoms with Crippen LogP contribution in [0, 0.1) is 0 Å². The summed E-state index contributed by atoms with van der Waals surface area (Å²) in [4.78, 5) is 4.05. The molecule has 0 radical (unpaired) electrons. The van der Waals surface area contributed by atoms with E-state index in [9.17, 15) is 5.11 Å². The summed E-state index contributed by atoms with van der Waals surface area (Å²) in [7, 11) is 1.51. The van der Waals surface area contributed by atoms with Gasteiger partial charge in [0.25, 0.3) is 0 Å². The maximum Gasteiger partial charge on any atom is 0.131 e. The fraction of sp³-hybridized carbons (Fsp3) is 0.0714. The Morgan fingerprint density at radius 1 is 1.58 bits per heavy atom. The van der Waals surface area contributed by atoms with Gasteiger partial charge in [-0.25, -0.2) is 4.98 Å². The van der Waals surface area contributed by atoms with Crippen LogP contribution in [-0.4, -0.2) is 17.2 Å². The van der Waals surface area contributed by atoms with Crippen molar-refractivity contribution in [1.29, 1.82) is 0 Å². The van der Waals surface area contributed by atoms with Crippen molar-refractivity contribution in [2.75, 3.05) is 12.8 Å². The van der Waals surface area contributed by atoms with E-state index in [4.69, 9.17) is 10.5 Å². The standard InChI is InChI=1S/C14H15BrN2O2/c1-4-5-11(9(2)18)13(8-19-3)12-6-10(15)7-17-14(12)16/h4-8,18H,1-2H2,3H3,(H2,16,17)/b11-5+,13-8+. The third-order valence-corrected chi connectivity index (χ3v) is 2.73. The number of rotatable bonds is 5. The summed E-state index contributed by atoms with van der Waals surface area (Å²) >= 11 is 3.33. The predicted molar refractivity (Wildman–Crippen MR) is 81.4 cm³/mol. The Morgan fingerprint density at radius 2 is 2.26 bits per heavy atom. The fourth-order valence-corrected chi connectivity index (χ4v) is 1.85. The molecule has 0 aliphatic carbocycles. The molecule has 0 aromatic carbocycles. The molecule has 3 N–H and O–H groups in total. The van der Waals surface area contributed by atoms with Gasteiger partial charge in [-0.2, -0.15) is 0 Å². The molecule has 0 bridgehead atoms. The van der Waals surface area contributed by atoms with Gasteiger partial charge in [0.15, 0.2) is 0 Å². The topological polar surface area (TPSA) is 68.4 Å². The van der Waals surface area contributed by atoms with Crippen LogP contribution in [0.2, 0.25) is 0 Å². The number of halogens is 1. The van der Waals surface area contributed by atoms with Gasteiger partial charge in [-0.1, -0.05) is 25.3 Å². The second-order valence-corrected chi connectivity index (χ2v) is 4.53. The molecule has 5 heteroatoms. The Bertz CT molecular complexity index is 563. The summed E-state index contributed by atoms with van der Waals surface area (Å²) in [5.74, 6) is 0.213. The number of nitrogen functional groups attached to an aromatic ring is 1. The van der Waals surface area contributed by atoms with Crippen LogP contribution in [0.5, 0.6) is 0 Å². The van der Waals surface area contributed by atoms with E-state index >= 15 is 0 Å². The van der Waals surface area contributed by atoms with Crippen molar-refractivity contribution in [2.45, 2.75) is 0 Å². The van der Waals surface area contributed by atoms with Gasteiger partial charge in [-0.3, -0.25) is 0 Å². The highest BCUT2D eigenvalue weighted by Gasteiger charge is 2.15. The number of hydrogen-bond acceptors (Lipinski definition) is 4. The Hall–Kier alpha value is -2.01. The van der Waals surface area contributed by atoms with Crippen LogP contribution in [0.25, 0.3) is 5.57 Å². The van der Waals surface area contributed by atoms with Crippen LogP contribution in [0.4, 0.5) is 5.82 Å². The minimum atomic E-state index is -0.109. The highest BCUT2D eigenvalue weighted by Crippen LogP contribution is 2.31. The lowest BCUT2D eigenvalue weighted by Gasteiger charge is -2.13. The zero-order valence-corrected chi connectivity index (χ0v) is 12.1. The molecule has 0 spiro atoms. The number of anilines is 1. The molecule has 1 heterocycles. The number of aliphatic hydroxyl groups is 1. The van der Waals surface area contributed by atoms with Crippen molar-refractivity contribution < 1.29 is 9.84 Å². The normalized spacial score (nSPS) is 12.1. The average molecular weight is 323 g/mol. The monoisotopic (exact) mass is 322 g/mol. The van der Waals surface area contributed by atoms with Crippen molar-refractivity contribution in [3.63, 3.8) is 0 Å². The Kier molecular flexibility index (Phi) is 5.38. The van der Waals surface area contributed by atoms with Gasteiger partial charge in [0.05, 0.1) is 13.4 Å². The van der Waals surface area contributed by atoms with E-state index in [1.807, 2.05) is 0 Å². The van der Waals surface area contributed by atoms with Crippen LogP contribution in [-0.2, 0) is 4.74 Å². The van der Waals surface area contributed by atoms with Gasteiger partial charge in [-0.15, -0.1) is 0 Å². The second kappa shape index (κ2) is 6.80. The molecule has 0 saturated carbocycles. The van der Waals surface area contributed by atoms with Gasteiger partial charge in [0, 0.05) is 27.4 Å². The number of pyridine rings is 1. The smallest absolute Gasteiger partial charge is 0.131 e.